The van der Waals surface area contributed by atoms with Crippen molar-refractivity contribution in [3.63, 3.8) is 0 Å². The van der Waals surface area contributed by atoms with Crippen LogP contribution in [0.15, 0.2) is 0 Å². The van der Waals surface area contributed by atoms with Gasteiger partial charge in [-0.1, -0.05) is 193 Å². The van der Waals surface area contributed by atoms with Gasteiger partial charge >= 0.3 is 0 Å². The molecule has 0 spiro atoms. The molecule has 0 heterocycles. The molecule has 0 rings (SSSR count). The minimum Gasteiger partial charge on any atom is -0.396 e. The number of rotatable bonds is 36. The van der Waals surface area contributed by atoms with E-state index in [1.54, 1.807) is 0 Å². The molecule has 0 saturated carbocycles. The lowest BCUT2D eigenvalue weighted by Crippen LogP contribution is -2.05. The van der Waals surface area contributed by atoms with Crippen molar-refractivity contribution in [3.8, 4) is 0 Å². The zero-order valence-corrected chi connectivity index (χ0v) is 27.4. The summed E-state index contributed by atoms with van der Waals surface area (Å²) in [4.78, 5) is 0. The third-order valence-electron chi connectivity index (χ3n) is 8.89. The van der Waals surface area contributed by atoms with Gasteiger partial charge in [0.1, 0.15) is 0 Å². The monoisotopic (exact) mass is 569 g/mol. The Bertz CT molecular complexity index is 428. The normalized spacial score (nSPS) is 12.4. The second-order valence-electron chi connectivity index (χ2n) is 13.0. The molecule has 1 unspecified atom stereocenters. The van der Waals surface area contributed by atoms with Gasteiger partial charge in [-0.15, -0.1) is 0 Å². The molecule has 0 aliphatic rings. The SMILES string of the molecule is OCCCCCCCCCCCCCCCCCCCC(O)CCCCCCCCCCCCCCCCCO. The van der Waals surface area contributed by atoms with Gasteiger partial charge in [0.2, 0.25) is 0 Å². The van der Waals surface area contributed by atoms with Gasteiger partial charge in [0.25, 0.3) is 0 Å². The molecular formula is C37H76O3. The molecule has 0 saturated heterocycles. The zero-order chi connectivity index (χ0) is 29.0. The first kappa shape index (κ1) is 39.9. The van der Waals surface area contributed by atoms with Crippen LogP contribution in [0.5, 0.6) is 0 Å². The smallest absolute Gasteiger partial charge is 0.0540 e. The predicted molar refractivity (Wildman–Crippen MR) is 177 cm³/mol. The van der Waals surface area contributed by atoms with E-state index in [4.69, 9.17) is 10.2 Å². The lowest BCUT2D eigenvalue weighted by Gasteiger charge is -2.10. The Balaban J connectivity index is 3.13. The van der Waals surface area contributed by atoms with Gasteiger partial charge in [-0.3, -0.25) is 0 Å². The predicted octanol–water partition coefficient (Wildman–Crippen LogP) is 11.6. The summed E-state index contributed by atoms with van der Waals surface area (Å²) in [6, 6.07) is 0. The van der Waals surface area contributed by atoms with Gasteiger partial charge in [0, 0.05) is 13.2 Å². The molecule has 0 aromatic rings. The molecule has 0 aromatic heterocycles. The highest BCUT2D eigenvalue weighted by Gasteiger charge is 2.04. The second-order valence-corrected chi connectivity index (χ2v) is 13.0. The van der Waals surface area contributed by atoms with E-state index in [1.807, 2.05) is 0 Å². The van der Waals surface area contributed by atoms with Crippen molar-refractivity contribution in [3.05, 3.63) is 0 Å². The first-order valence-corrected chi connectivity index (χ1v) is 18.7. The summed E-state index contributed by atoms with van der Waals surface area (Å²) in [5.41, 5.74) is 0. The number of aliphatic hydroxyl groups is 3. The Kier molecular flexibility index (Phi) is 36.8. The van der Waals surface area contributed by atoms with E-state index in [-0.39, 0.29) is 6.10 Å². The van der Waals surface area contributed by atoms with E-state index in [9.17, 15) is 5.11 Å². The van der Waals surface area contributed by atoms with E-state index in [2.05, 4.69) is 0 Å². The van der Waals surface area contributed by atoms with E-state index in [1.165, 1.54) is 193 Å². The molecule has 0 bridgehead atoms. The molecule has 0 aromatic carbocycles. The summed E-state index contributed by atoms with van der Waals surface area (Å²) in [6.45, 7) is 0.722. The van der Waals surface area contributed by atoms with Crippen molar-refractivity contribution < 1.29 is 15.3 Å². The molecule has 40 heavy (non-hydrogen) atoms. The van der Waals surface area contributed by atoms with Crippen LogP contribution in [-0.2, 0) is 0 Å². The molecule has 0 amide bonds. The Hall–Kier alpha value is -0.120. The largest absolute Gasteiger partial charge is 0.396 e. The first-order chi connectivity index (χ1) is 19.8. The fourth-order valence-corrected chi connectivity index (χ4v) is 6.08. The first-order valence-electron chi connectivity index (χ1n) is 18.7. The Labute approximate surface area is 252 Å². The summed E-state index contributed by atoms with van der Waals surface area (Å²) in [6.07, 6.45) is 44.8. The quantitative estimate of drug-likeness (QED) is 0.0659. The highest BCUT2D eigenvalue weighted by atomic mass is 16.3. The van der Waals surface area contributed by atoms with Crippen molar-refractivity contribution in [1.29, 1.82) is 0 Å². The van der Waals surface area contributed by atoms with Crippen LogP contribution in [-0.4, -0.2) is 34.6 Å². The number of aliphatic hydroxyl groups excluding tert-OH is 3. The lowest BCUT2D eigenvalue weighted by molar-refractivity contribution is 0.147. The summed E-state index contributed by atoms with van der Waals surface area (Å²) >= 11 is 0. The molecule has 3 nitrogen and oxygen atoms in total. The van der Waals surface area contributed by atoms with Crippen molar-refractivity contribution >= 4 is 0 Å². The third-order valence-corrected chi connectivity index (χ3v) is 8.89. The summed E-state index contributed by atoms with van der Waals surface area (Å²) in [7, 11) is 0. The molecule has 242 valence electrons. The van der Waals surface area contributed by atoms with Crippen LogP contribution < -0.4 is 0 Å². The molecule has 1 atom stereocenters. The highest BCUT2D eigenvalue weighted by molar-refractivity contribution is 4.58. The van der Waals surface area contributed by atoms with E-state index in [0.29, 0.717) is 13.2 Å². The maximum absolute atomic E-state index is 10.3. The number of unbranched alkanes of at least 4 members (excludes halogenated alkanes) is 30. The van der Waals surface area contributed by atoms with Gasteiger partial charge < -0.3 is 15.3 Å². The minimum atomic E-state index is -0.0547. The number of hydrogen-bond donors (Lipinski definition) is 3. The second kappa shape index (κ2) is 36.9. The van der Waals surface area contributed by atoms with Gasteiger partial charge in [-0.25, -0.2) is 0 Å². The van der Waals surface area contributed by atoms with E-state index < -0.39 is 0 Å². The van der Waals surface area contributed by atoms with Crippen LogP contribution in [0.1, 0.15) is 218 Å². The summed E-state index contributed by atoms with van der Waals surface area (Å²) < 4.78 is 0. The Morgan fingerprint density at radius 2 is 0.375 bits per heavy atom. The van der Waals surface area contributed by atoms with Crippen LogP contribution in [0.4, 0.5) is 0 Å². The van der Waals surface area contributed by atoms with Crippen LogP contribution >= 0.6 is 0 Å². The van der Waals surface area contributed by atoms with Crippen molar-refractivity contribution in [2.75, 3.05) is 13.2 Å². The van der Waals surface area contributed by atoms with E-state index in [0.717, 1.165) is 25.7 Å². The molecule has 0 fully saturated rings. The third kappa shape index (κ3) is 35.9. The number of hydrogen-bond acceptors (Lipinski definition) is 3. The molecule has 3 N–H and O–H groups in total. The maximum Gasteiger partial charge on any atom is 0.0540 e. The molecule has 3 heteroatoms. The molecule has 0 aliphatic carbocycles. The lowest BCUT2D eigenvalue weighted by atomic mass is 10.0. The Morgan fingerprint density at radius 3 is 0.550 bits per heavy atom. The maximum atomic E-state index is 10.3. The minimum absolute atomic E-state index is 0.0547. The van der Waals surface area contributed by atoms with Crippen molar-refractivity contribution in [2.45, 2.75) is 224 Å². The van der Waals surface area contributed by atoms with Gasteiger partial charge in [-0.2, -0.15) is 0 Å². The average Bonchev–Trinajstić information content (AvgIpc) is 2.96. The van der Waals surface area contributed by atoms with Crippen molar-refractivity contribution in [1.82, 2.24) is 0 Å². The van der Waals surface area contributed by atoms with Crippen LogP contribution in [0.2, 0.25) is 0 Å². The Morgan fingerprint density at radius 1 is 0.225 bits per heavy atom. The van der Waals surface area contributed by atoms with E-state index >= 15 is 0 Å². The molecule has 0 radical (unpaired) electrons. The zero-order valence-electron chi connectivity index (χ0n) is 27.4. The average molecular weight is 569 g/mol. The molecular weight excluding hydrogens is 492 g/mol. The van der Waals surface area contributed by atoms with Crippen LogP contribution in [0, 0.1) is 0 Å². The fraction of sp³-hybridized carbons (Fsp3) is 1.00. The van der Waals surface area contributed by atoms with Gasteiger partial charge in [0.15, 0.2) is 0 Å². The van der Waals surface area contributed by atoms with Gasteiger partial charge in [0.05, 0.1) is 6.10 Å². The topological polar surface area (TPSA) is 60.7 Å². The molecule has 0 aliphatic heterocycles. The van der Waals surface area contributed by atoms with Crippen LogP contribution in [0.25, 0.3) is 0 Å². The highest BCUT2D eigenvalue weighted by Crippen LogP contribution is 2.17. The van der Waals surface area contributed by atoms with Crippen LogP contribution in [0.3, 0.4) is 0 Å². The van der Waals surface area contributed by atoms with Gasteiger partial charge in [-0.05, 0) is 25.7 Å². The fourth-order valence-electron chi connectivity index (χ4n) is 6.08. The van der Waals surface area contributed by atoms with Crippen molar-refractivity contribution in [2.24, 2.45) is 0 Å². The summed E-state index contributed by atoms with van der Waals surface area (Å²) in [5.74, 6) is 0. The summed E-state index contributed by atoms with van der Waals surface area (Å²) in [5, 5.41) is 27.9. The standard InChI is InChI=1S/C37H76O3/c38-35-31-27-23-19-15-11-7-3-1-2-5-9-13-17-21-25-29-33-37(40)34-30-26-22-18-14-10-6-4-8-12-16-20-24-28-32-36-39/h37-40H,1-36H2.